The van der Waals surface area contributed by atoms with E-state index in [0.717, 1.165) is 49.4 Å². The van der Waals surface area contributed by atoms with Gasteiger partial charge in [-0.3, -0.25) is 14.5 Å². The van der Waals surface area contributed by atoms with Gasteiger partial charge < -0.3 is 19.4 Å². The third-order valence-corrected chi connectivity index (χ3v) is 7.02. The summed E-state index contributed by atoms with van der Waals surface area (Å²) < 4.78 is 12.9. The number of benzene rings is 2. The van der Waals surface area contributed by atoms with Crippen LogP contribution in [0.2, 0.25) is 0 Å². The quantitative estimate of drug-likeness (QED) is 0.515. The Bertz CT molecular complexity index is 1230. The largest absolute Gasteiger partial charge is 0.454 e. The predicted octanol–water partition coefficient (Wildman–Crippen LogP) is 4.42. The highest BCUT2D eigenvalue weighted by molar-refractivity contribution is 5.99. The third-order valence-electron chi connectivity index (χ3n) is 7.02. The van der Waals surface area contributed by atoms with Gasteiger partial charge in [-0.25, -0.2) is 0 Å². The Labute approximate surface area is 205 Å². The summed E-state index contributed by atoms with van der Waals surface area (Å²) in [5.41, 5.74) is 4.82. The van der Waals surface area contributed by atoms with Gasteiger partial charge in [0.2, 0.25) is 12.7 Å². The summed E-state index contributed by atoms with van der Waals surface area (Å²) in [6.45, 7) is 6.89. The van der Waals surface area contributed by atoms with Crippen molar-refractivity contribution in [3.05, 3.63) is 77.1 Å². The van der Waals surface area contributed by atoms with E-state index in [4.69, 9.17) is 9.47 Å². The van der Waals surface area contributed by atoms with Gasteiger partial charge in [-0.2, -0.15) is 0 Å². The van der Waals surface area contributed by atoms with Gasteiger partial charge in [0.05, 0.1) is 6.54 Å². The number of nitrogens with one attached hydrogen (secondary N) is 1. The second-order valence-electron chi connectivity index (χ2n) is 9.39. The first-order valence-corrected chi connectivity index (χ1v) is 12.1. The zero-order valence-corrected chi connectivity index (χ0v) is 20.3. The number of rotatable bonds is 7. The Balaban J connectivity index is 1.14. The first-order valence-electron chi connectivity index (χ1n) is 12.1. The summed E-state index contributed by atoms with van der Waals surface area (Å²) in [5.74, 6) is 1.43. The molecular formula is C28H31N3O4. The zero-order chi connectivity index (χ0) is 24.4. The number of hydrogen-bond donors (Lipinski definition) is 1. The number of carbonyl (C=O) groups is 2. The van der Waals surface area contributed by atoms with Crippen molar-refractivity contribution in [1.82, 2.24) is 9.47 Å². The molecule has 2 aromatic carbocycles. The highest BCUT2D eigenvalue weighted by Gasteiger charge is 2.27. The van der Waals surface area contributed by atoms with Crippen LogP contribution in [0.5, 0.6) is 11.5 Å². The minimum Gasteiger partial charge on any atom is -0.454 e. The van der Waals surface area contributed by atoms with Crippen LogP contribution < -0.4 is 14.8 Å². The fraction of sp³-hybridized carbons (Fsp3) is 0.357. The summed E-state index contributed by atoms with van der Waals surface area (Å²) in [5, 5.41) is 3.00. The van der Waals surface area contributed by atoms with E-state index in [0.29, 0.717) is 23.7 Å². The number of likely N-dealkylation sites (tertiary alicyclic amines) is 1. The summed E-state index contributed by atoms with van der Waals surface area (Å²) in [6.07, 6.45) is 1.47. The fourth-order valence-electron chi connectivity index (χ4n) is 4.95. The lowest BCUT2D eigenvalue weighted by Crippen LogP contribution is -2.40. The van der Waals surface area contributed by atoms with Gasteiger partial charge in [0.1, 0.15) is 0 Å². The van der Waals surface area contributed by atoms with Crippen molar-refractivity contribution >= 4 is 17.4 Å². The standard InChI is InChI=1S/C28H31N3O4/c1-19-14-24(20(2)31(19)16-21-6-4-3-5-7-21)25(32)17-30-12-10-22(11-13-30)28(33)29-23-8-9-26-27(15-23)35-18-34-26/h3-9,14-15,22H,10-13,16-18H2,1-2H3,(H,29,33). The summed E-state index contributed by atoms with van der Waals surface area (Å²) >= 11 is 0. The first-order chi connectivity index (χ1) is 17.0. The topological polar surface area (TPSA) is 72.8 Å². The Kier molecular flexibility index (Phi) is 6.59. The van der Waals surface area contributed by atoms with Crippen molar-refractivity contribution in [3.63, 3.8) is 0 Å². The van der Waals surface area contributed by atoms with Gasteiger partial charge >= 0.3 is 0 Å². The van der Waals surface area contributed by atoms with E-state index < -0.39 is 0 Å². The normalized spacial score (nSPS) is 15.8. The van der Waals surface area contributed by atoms with Crippen LogP contribution in [-0.2, 0) is 11.3 Å². The van der Waals surface area contributed by atoms with Crippen LogP contribution in [0.1, 0.15) is 40.2 Å². The lowest BCUT2D eigenvalue weighted by Gasteiger charge is -2.30. The summed E-state index contributed by atoms with van der Waals surface area (Å²) in [4.78, 5) is 28.1. The SMILES string of the molecule is Cc1cc(C(=O)CN2CCC(C(=O)Nc3ccc4c(c3)OCO4)CC2)c(C)n1Cc1ccccc1. The van der Waals surface area contributed by atoms with E-state index in [-0.39, 0.29) is 24.4 Å². The van der Waals surface area contributed by atoms with Crippen LogP contribution in [0.25, 0.3) is 0 Å². The molecular weight excluding hydrogens is 442 g/mol. The molecule has 1 amide bonds. The predicted molar refractivity (Wildman–Crippen MR) is 134 cm³/mol. The number of ether oxygens (including phenoxy) is 2. The molecule has 3 heterocycles. The van der Waals surface area contributed by atoms with E-state index in [9.17, 15) is 9.59 Å². The van der Waals surface area contributed by atoms with Crippen LogP contribution in [0.4, 0.5) is 5.69 Å². The number of carbonyl (C=O) groups excluding carboxylic acids is 2. The molecule has 0 radical (unpaired) electrons. The van der Waals surface area contributed by atoms with Crippen LogP contribution in [0.3, 0.4) is 0 Å². The molecule has 0 bridgehead atoms. The number of aromatic nitrogens is 1. The van der Waals surface area contributed by atoms with Gasteiger partial charge in [0.25, 0.3) is 0 Å². The van der Waals surface area contributed by atoms with Gasteiger partial charge in [-0.1, -0.05) is 30.3 Å². The van der Waals surface area contributed by atoms with Crippen LogP contribution >= 0.6 is 0 Å². The molecule has 0 saturated carbocycles. The number of hydrogen-bond acceptors (Lipinski definition) is 5. The molecule has 0 aliphatic carbocycles. The van der Waals surface area contributed by atoms with Crippen molar-refractivity contribution < 1.29 is 19.1 Å². The molecule has 0 spiro atoms. The van der Waals surface area contributed by atoms with E-state index in [1.54, 1.807) is 6.07 Å². The van der Waals surface area contributed by atoms with Crippen LogP contribution in [0.15, 0.2) is 54.6 Å². The molecule has 5 rings (SSSR count). The molecule has 2 aliphatic rings. The molecule has 1 aromatic heterocycles. The fourth-order valence-corrected chi connectivity index (χ4v) is 4.95. The lowest BCUT2D eigenvalue weighted by atomic mass is 9.95. The van der Waals surface area contributed by atoms with Crippen molar-refractivity contribution in [1.29, 1.82) is 0 Å². The van der Waals surface area contributed by atoms with Crippen LogP contribution in [-0.4, -0.2) is 47.6 Å². The zero-order valence-electron chi connectivity index (χ0n) is 20.3. The second kappa shape index (κ2) is 9.96. The number of amides is 1. The van der Waals surface area contributed by atoms with E-state index >= 15 is 0 Å². The number of ketones is 1. The smallest absolute Gasteiger partial charge is 0.231 e. The molecule has 1 saturated heterocycles. The third kappa shape index (κ3) is 5.10. The van der Waals surface area contributed by atoms with Gasteiger partial charge in [0.15, 0.2) is 17.3 Å². The molecule has 2 aliphatic heterocycles. The maximum absolute atomic E-state index is 13.1. The Morgan fingerprint density at radius 1 is 0.971 bits per heavy atom. The monoisotopic (exact) mass is 473 g/mol. The van der Waals surface area contributed by atoms with Crippen molar-refractivity contribution in [2.45, 2.75) is 33.2 Å². The number of anilines is 1. The van der Waals surface area contributed by atoms with Gasteiger partial charge in [-0.05, 0) is 63.5 Å². The Morgan fingerprint density at radius 2 is 1.71 bits per heavy atom. The second-order valence-corrected chi connectivity index (χ2v) is 9.39. The molecule has 3 aromatic rings. The number of aryl methyl sites for hydroxylation is 1. The highest BCUT2D eigenvalue weighted by atomic mass is 16.7. The average molecular weight is 474 g/mol. The molecule has 1 fully saturated rings. The van der Waals surface area contributed by atoms with E-state index in [1.165, 1.54) is 5.56 Å². The molecule has 1 N–H and O–H groups in total. The van der Waals surface area contributed by atoms with Crippen molar-refractivity contribution in [2.75, 3.05) is 31.7 Å². The maximum Gasteiger partial charge on any atom is 0.231 e. The summed E-state index contributed by atoms with van der Waals surface area (Å²) in [7, 11) is 0. The van der Waals surface area contributed by atoms with Gasteiger partial charge in [-0.15, -0.1) is 0 Å². The number of fused-ring (bicyclic) bond motifs is 1. The minimum atomic E-state index is -0.0669. The summed E-state index contributed by atoms with van der Waals surface area (Å²) in [6, 6.07) is 17.7. The number of nitrogens with zero attached hydrogens (tertiary/aromatic N) is 2. The molecule has 182 valence electrons. The molecule has 35 heavy (non-hydrogen) atoms. The first kappa shape index (κ1) is 23.2. The van der Waals surface area contributed by atoms with Gasteiger partial charge in [0, 0.05) is 41.2 Å². The van der Waals surface area contributed by atoms with E-state index in [1.807, 2.05) is 43.3 Å². The number of Topliss-reactive ketones (excluding diaryl/α,β-unsaturated/α-hetero) is 1. The number of piperidine rings is 1. The van der Waals surface area contributed by atoms with Crippen molar-refractivity contribution in [3.8, 4) is 11.5 Å². The molecule has 7 heteroatoms. The molecule has 7 nitrogen and oxygen atoms in total. The maximum atomic E-state index is 13.1. The minimum absolute atomic E-state index is 0.0132. The van der Waals surface area contributed by atoms with E-state index in [2.05, 4.69) is 33.8 Å². The average Bonchev–Trinajstić information content (AvgIpc) is 3.44. The highest BCUT2D eigenvalue weighted by Crippen LogP contribution is 2.34. The lowest BCUT2D eigenvalue weighted by molar-refractivity contribution is -0.121. The Morgan fingerprint density at radius 3 is 2.49 bits per heavy atom. The Hall–Kier alpha value is -3.58. The van der Waals surface area contributed by atoms with Crippen LogP contribution in [0, 0.1) is 19.8 Å². The molecule has 0 atom stereocenters. The molecule has 0 unspecified atom stereocenters. The van der Waals surface area contributed by atoms with Crippen molar-refractivity contribution in [2.24, 2.45) is 5.92 Å².